The Morgan fingerprint density at radius 3 is 2.67 bits per heavy atom. The van der Waals surface area contributed by atoms with Gasteiger partial charge in [-0.25, -0.2) is 0 Å². The molecule has 2 fully saturated rings. The van der Waals surface area contributed by atoms with Crippen molar-refractivity contribution in [3.63, 3.8) is 0 Å². The molecule has 2 heterocycles. The Kier molecular flexibility index (Phi) is 5.23. The molecule has 5 heteroatoms. The summed E-state index contributed by atoms with van der Waals surface area (Å²) in [4.78, 5) is 27.0. The summed E-state index contributed by atoms with van der Waals surface area (Å²) in [7, 11) is 0. The highest BCUT2D eigenvalue weighted by Gasteiger charge is 2.43. The molecule has 0 spiro atoms. The van der Waals surface area contributed by atoms with E-state index in [2.05, 4.69) is 26.1 Å². The van der Waals surface area contributed by atoms with Crippen LogP contribution in [0.25, 0.3) is 0 Å². The van der Waals surface area contributed by atoms with Gasteiger partial charge in [-0.15, -0.1) is 0 Å². The zero-order valence-electron chi connectivity index (χ0n) is 13.6. The first-order valence-electron chi connectivity index (χ1n) is 8.11. The van der Waals surface area contributed by atoms with Gasteiger partial charge in [0.2, 0.25) is 11.8 Å². The number of piperazine rings is 1. The summed E-state index contributed by atoms with van der Waals surface area (Å²) in [6, 6.07) is -0.630. The molecule has 0 saturated carbocycles. The molecule has 3 atom stereocenters. The molecule has 1 N–H and O–H groups in total. The number of rotatable bonds is 5. The minimum Gasteiger partial charge on any atom is -0.342 e. The maximum atomic E-state index is 12.8. The molecule has 2 aliphatic heterocycles. The summed E-state index contributed by atoms with van der Waals surface area (Å²) in [5.41, 5.74) is 0. The van der Waals surface area contributed by atoms with Gasteiger partial charge in [0.1, 0.15) is 12.1 Å². The highest BCUT2D eigenvalue weighted by Crippen LogP contribution is 2.39. The van der Waals surface area contributed by atoms with Crippen LogP contribution in [0.1, 0.15) is 53.4 Å². The quantitative estimate of drug-likeness (QED) is 0.848. The molecule has 2 saturated heterocycles. The van der Waals surface area contributed by atoms with Crippen LogP contribution in [0, 0.1) is 5.92 Å². The number of nitrogens with one attached hydrogen (secondary N) is 1. The topological polar surface area (TPSA) is 49.4 Å². The van der Waals surface area contributed by atoms with Crippen molar-refractivity contribution in [3.8, 4) is 0 Å². The second kappa shape index (κ2) is 6.59. The van der Waals surface area contributed by atoms with E-state index in [1.807, 2.05) is 23.6 Å². The number of amides is 2. The fraction of sp³-hybridized carbons (Fsp3) is 0.875. The van der Waals surface area contributed by atoms with Crippen LogP contribution in [0.4, 0.5) is 0 Å². The number of hydrogen-bond acceptors (Lipinski definition) is 3. The van der Waals surface area contributed by atoms with Gasteiger partial charge in [-0.1, -0.05) is 20.8 Å². The standard InChI is InChI=1S/C16H28N2O2S/c1-5-13-14(19)17-12(9-11(2)3)15(20)18(13)10-16(4)7-6-8-21-16/h11-13H,5-10H2,1-4H3,(H,17,19). The number of hydrogen-bond donors (Lipinski definition) is 1. The van der Waals surface area contributed by atoms with Crippen LogP contribution in [-0.4, -0.2) is 45.8 Å². The van der Waals surface area contributed by atoms with Crippen molar-refractivity contribution in [2.75, 3.05) is 12.3 Å². The van der Waals surface area contributed by atoms with Crippen LogP contribution in [0.15, 0.2) is 0 Å². The molecule has 120 valence electrons. The third-order valence-corrected chi connectivity index (χ3v) is 6.00. The molecular formula is C16H28N2O2S. The molecule has 0 aromatic carbocycles. The average Bonchev–Trinajstić information content (AvgIpc) is 2.82. The molecule has 3 unspecified atom stereocenters. The fourth-order valence-corrected chi connectivity index (χ4v) is 4.67. The summed E-state index contributed by atoms with van der Waals surface area (Å²) in [6.45, 7) is 9.09. The van der Waals surface area contributed by atoms with Crippen molar-refractivity contribution in [2.45, 2.75) is 70.2 Å². The second-order valence-electron chi connectivity index (χ2n) is 6.98. The zero-order chi connectivity index (χ0) is 15.6. The van der Waals surface area contributed by atoms with Gasteiger partial charge in [0.25, 0.3) is 0 Å². The predicted octanol–water partition coefficient (Wildman–Crippen LogP) is 2.42. The Balaban J connectivity index is 2.16. The highest BCUT2D eigenvalue weighted by atomic mass is 32.2. The van der Waals surface area contributed by atoms with Crippen LogP contribution in [0.3, 0.4) is 0 Å². The lowest BCUT2D eigenvalue weighted by Gasteiger charge is -2.42. The third kappa shape index (κ3) is 3.74. The van der Waals surface area contributed by atoms with Gasteiger partial charge in [-0.3, -0.25) is 9.59 Å². The third-order valence-electron chi connectivity index (χ3n) is 4.48. The molecule has 0 aromatic rings. The van der Waals surface area contributed by atoms with Crippen LogP contribution >= 0.6 is 11.8 Å². The van der Waals surface area contributed by atoms with Crippen molar-refractivity contribution in [3.05, 3.63) is 0 Å². The van der Waals surface area contributed by atoms with E-state index >= 15 is 0 Å². The van der Waals surface area contributed by atoms with Gasteiger partial charge in [0, 0.05) is 11.3 Å². The Labute approximate surface area is 132 Å². The van der Waals surface area contributed by atoms with Gasteiger partial charge >= 0.3 is 0 Å². The second-order valence-corrected chi connectivity index (χ2v) is 8.67. The Morgan fingerprint density at radius 2 is 2.14 bits per heavy atom. The number of carbonyl (C=O) groups excluding carboxylic acids is 2. The van der Waals surface area contributed by atoms with E-state index in [-0.39, 0.29) is 28.6 Å². The zero-order valence-corrected chi connectivity index (χ0v) is 14.5. The molecular weight excluding hydrogens is 284 g/mol. The summed E-state index contributed by atoms with van der Waals surface area (Å²) >= 11 is 1.94. The lowest BCUT2D eigenvalue weighted by Crippen LogP contribution is -2.65. The normalized spacial score (nSPS) is 33.7. The van der Waals surface area contributed by atoms with E-state index in [4.69, 9.17) is 0 Å². The minimum absolute atomic E-state index is 0.0225. The Bertz CT molecular complexity index is 405. The van der Waals surface area contributed by atoms with Crippen LogP contribution in [0.5, 0.6) is 0 Å². The summed E-state index contributed by atoms with van der Waals surface area (Å²) < 4.78 is 0.114. The van der Waals surface area contributed by atoms with Gasteiger partial charge in [0.15, 0.2) is 0 Å². The maximum absolute atomic E-state index is 12.8. The first-order chi connectivity index (χ1) is 9.86. The fourth-order valence-electron chi connectivity index (χ4n) is 3.37. The molecule has 0 bridgehead atoms. The van der Waals surface area contributed by atoms with Crippen LogP contribution in [-0.2, 0) is 9.59 Å². The molecule has 2 aliphatic rings. The van der Waals surface area contributed by atoms with E-state index in [1.165, 1.54) is 6.42 Å². The first kappa shape index (κ1) is 16.7. The minimum atomic E-state index is -0.338. The van der Waals surface area contributed by atoms with Gasteiger partial charge < -0.3 is 10.2 Å². The monoisotopic (exact) mass is 312 g/mol. The summed E-state index contributed by atoms with van der Waals surface area (Å²) in [5.74, 6) is 1.70. The van der Waals surface area contributed by atoms with E-state index in [1.54, 1.807) is 0 Å². The van der Waals surface area contributed by atoms with Crippen LogP contribution < -0.4 is 5.32 Å². The molecule has 21 heavy (non-hydrogen) atoms. The van der Waals surface area contributed by atoms with E-state index in [0.29, 0.717) is 18.9 Å². The maximum Gasteiger partial charge on any atom is 0.245 e. The van der Waals surface area contributed by atoms with Gasteiger partial charge in [-0.05, 0) is 44.3 Å². The summed E-state index contributed by atoms with van der Waals surface area (Å²) in [6.07, 6.45) is 3.75. The van der Waals surface area contributed by atoms with Crippen molar-refractivity contribution in [1.82, 2.24) is 10.2 Å². The highest BCUT2D eigenvalue weighted by molar-refractivity contribution is 8.00. The Morgan fingerprint density at radius 1 is 1.43 bits per heavy atom. The SMILES string of the molecule is CCC1C(=O)NC(CC(C)C)C(=O)N1CC1(C)CCCS1. The van der Waals surface area contributed by atoms with Gasteiger partial charge in [-0.2, -0.15) is 11.8 Å². The average molecular weight is 312 g/mol. The van der Waals surface area contributed by atoms with E-state index in [9.17, 15) is 9.59 Å². The lowest BCUT2D eigenvalue weighted by molar-refractivity contribution is -0.150. The lowest BCUT2D eigenvalue weighted by atomic mass is 9.95. The van der Waals surface area contributed by atoms with Crippen molar-refractivity contribution >= 4 is 23.6 Å². The predicted molar refractivity (Wildman–Crippen MR) is 87.3 cm³/mol. The van der Waals surface area contributed by atoms with Crippen molar-refractivity contribution in [2.24, 2.45) is 5.92 Å². The molecule has 0 aliphatic carbocycles. The molecule has 0 radical (unpaired) electrons. The Hall–Kier alpha value is -0.710. The van der Waals surface area contributed by atoms with Crippen molar-refractivity contribution in [1.29, 1.82) is 0 Å². The molecule has 4 nitrogen and oxygen atoms in total. The number of nitrogens with zero attached hydrogens (tertiary/aromatic N) is 1. The molecule has 0 aromatic heterocycles. The van der Waals surface area contributed by atoms with Crippen molar-refractivity contribution < 1.29 is 9.59 Å². The smallest absolute Gasteiger partial charge is 0.245 e. The van der Waals surface area contributed by atoms with E-state index < -0.39 is 0 Å². The van der Waals surface area contributed by atoms with E-state index in [0.717, 1.165) is 18.6 Å². The summed E-state index contributed by atoms with van der Waals surface area (Å²) in [5, 5.41) is 2.93. The first-order valence-corrected chi connectivity index (χ1v) is 9.09. The van der Waals surface area contributed by atoms with Crippen LogP contribution in [0.2, 0.25) is 0 Å². The molecule has 2 rings (SSSR count). The number of carbonyl (C=O) groups is 2. The largest absolute Gasteiger partial charge is 0.342 e. The number of thioether (sulfide) groups is 1. The van der Waals surface area contributed by atoms with Gasteiger partial charge in [0.05, 0.1) is 0 Å². The molecule has 2 amide bonds.